The zero-order valence-electron chi connectivity index (χ0n) is 16.0. The second kappa shape index (κ2) is 6.96. The topological polar surface area (TPSA) is 54.5 Å². The molecule has 0 spiro atoms. The average molecular weight is 365 g/mol. The molecular formula is C20H27N7. The van der Waals surface area contributed by atoms with E-state index in [2.05, 4.69) is 39.4 Å². The summed E-state index contributed by atoms with van der Waals surface area (Å²) in [6.45, 7) is 5.41. The van der Waals surface area contributed by atoms with Gasteiger partial charge < -0.3 is 4.90 Å². The van der Waals surface area contributed by atoms with E-state index in [1.165, 1.54) is 36.9 Å². The van der Waals surface area contributed by atoms with E-state index in [-0.39, 0.29) is 0 Å². The van der Waals surface area contributed by atoms with Gasteiger partial charge in [0.2, 0.25) is 0 Å². The lowest BCUT2D eigenvalue weighted by Gasteiger charge is -2.30. The SMILES string of the molecule is Cn1cc(CN2CCC[C@H](c3nc4ccc(N5CCCC5)cn4n3)C2)cn1. The van der Waals surface area contributed by atoms with Gasteiger partial charge in [-0.2, -0.15) is 10.2 Å². The Morgan fingerprint density at radius 3 is 2.78 bits per heavy atom. The number of hydrogen-bond acceptors (Lipinski definition) is 5. The van der Waals surface area contributed by atoms with Crippen LogP contribution >= 0.6 is 0 Å². The van der Waals surface area contributed by atoms with Crippen LogP contribution in [0.2, 0.25) is 0 Å². The van der Waals surface area contributed by atoms with Crippen molar-refractivity contribution in [1.82, 2.24) is 29.3 Å². The van der Waals surface area contributed by atoms with E-state index in [0.717, 1.165) is 44.2 Å². The Balaban J connectivity index is 1.33. The van der Waals surface area contributed by atoms with Crippen molar-refractivity contribution in [3.63, 3.8) is 0 Å². The molecule has 142 valence electrons. The third-order valence-corrected chi connectivity index (χ3v) is 5.84. The summed E-state index contributed by atoms with van der Waals surface area (Å²) in [6, 6.07) is 4.30. The lowest BCUT2D eigenvalue weighted by atomic mass is 9.97. The predicted molar refractivity (Wildman–Crippen MR) is 105 cm³/mol. The minimum Gasteiger partial charge on any atom is -0.370 e. The van der Waals surface area contributed by atoms with Gasteiger partial charge in [0.25, 0.3) is 0 Å². The molecule has 1 atom stereocenters. The number of pyridine rings is 1. The number of anilines is 1. The fourth-order valence-electron chi connectivity index (χ4n) is 4.45. The standard InChI is InChI=1S/C20H27N7/c1-24-12-16(11-21-24)13-25-8-4-5-17(14-25)20-22-19-7-6-18(15-27(19)23-20)26-9-2-3-10-26/h6-7,11-12,15,17H,2-5,8-10,13-14H2,1H3/t17-/m0/s1. The van der Waals surface area contributed by atoms with E-state index in [9.17, 15) is 0 Å². The van der Waals surface area contributed by atoms with Gasteiger partial charge in [-0.25, -0.2) is 9.50 Å². The number of fused-ring (bicyclic) bond motifs is 1. The first-order chi connectivity index (χ1) is 13.2. The zero-order chi connectivity index (χ0) is 18.2. The van der Waals surface area contributed by atoms with Crippen LogP contribution < -0.4 is 4.90 Å². The molecule has 5 rings (SSSR count). The van der Waals surface area contributed by atoms with Crippen LogP contribution in [-0.4, -0.2) is 55.5 Å². The summed E-state index contributed by atoms with van der Waals surface area (Å²) >= 11 is 0. The Morgan fingerprint density at radius 1 is 1.07 bits per heavy atom. The summed E-state index contributed by atoms with van der Waals surface area (Å²) in [5, 5.41) is 9.14. The third-order valence-electron chi connectivity index (χ3n) is 5.84. The van der Waals surface area contributed by atoms with Gasteiger partial charge >= 0.3 is 0 Å². The number of hydrogen-bond donors (Lipinski definition) is 0. The van der Waals surface area contributed by atoms with Crippen molar-refractivity contribution >= 4 is 11.3 Å². The number of aromatic nitrogens is 5. The molecule has 2 aliphatic heterocycles. The molecule has 0 radical (unpaired) electrons. The van der Waals surface area contributed by atoms with Crippen LogP contribution in [0.25, 0.3) is 5.65 Å². The molecule has 7 nitrogen and oxygen atoms in total. The molecule has 3 aromatic heterocycles. The van der Waals surface area contributed by atoms with Gasteiger partial charge in [0.05, 0.1) is 18.1 Å². The Kier molecular flexibility index (Phi) is 4.32. The average Bonchev–Trinajstić information content (AvgIpc) is 3.42. The van der Waals surface area contributed by atoms with Crippen LogP contribution in [0.4, 0.5) is 5.69 Å². The number of piperidine rings is 1. The maximum atomic E-state index is 4.85. The maximum absolute atomic E-state index is 4.85. The maximum Gasteiger partial charge on any atom is 0.156 e. The van der Waals surface area contributed by atoms with Crippen molar-refractivity contribution in [3.8, 4) is 0 Å². The molecule has 0 aliphatic carbocycles. The van der Waals surface area contributed by atoms with Gasteiger partial charge in [-0.15, -0.1) is 0 Å². The number of likely N-dealkylation sites (tertiary alicyclic amines) is 1. The lowest BCUT2D eigenvalue weighted by molar-refractivity contribution is 0.196. The first-order valence-electron chi connectivity index (χ1n) is 10.1. The fourth-order valence-corrected chi connectivity index (χ4v) is 4.45. The van der Waals surface area contributed by atoms with Crippen molar-refractivity contribution in [2.45, 2.75) is 38.1 Å². The van der Waals surface area contributed by atoms with Crippen molar-refractivity contribution in [1.29, 1.82) is 0 Å². The number of nitrogens with zero attached hydrogens (tertiary/aromatic N) is 7. The highest BCUT2D eigenvalue weighted by Gasteiger charge is 2.25. The Labute approximate surface area is 159 Å². The molecule has 0 bridgehead atoms. The molecule has 2 fully saturated rings. The monoisotopic (exact) mass is 365 g/mol. The van der Waals surface area contributed by atoms with E-state index in [1.807, 2.05) is 22.4 Å². The second-order valence-electron chi connectivity index (χ2n) is 7.95. The van der Waals surface area contributed by atoms with Gasteiger partial charge in [-0.3, -0.25) is 9.58 Å². The summed E-state index contributed by atoms with van der Waals surface area (Å²) < 4.78 is 3.85. The van der Waals surface area contributed by atoms with Crippen molar-refractivity contribution in [2.75, 3.05) is 31.1 Å². The van der Waals surface area contributed by atoms with Crippen molar-refractivity contribution in [2.24, 2.45) is 7.05 Å². The minimum absolute atomic E-state index is 0.408. The Hall–Kier alpha value is -2.41. The number of aryl methyl sites for hydroxylation is 1. The Bertz CT molecular complexity index is 921. The molecule has 0 N–H and O–H groups in total. The molecule has 0 amide bonds. The quantitative estimate of drug-likeness (QED) is 0.711. The summed E-state index contributed by atoms with van der Waals surface area (Å²) in [4.78, 5) is 9.79. The third kappa shape index (κ3) is 3.43. The van der Waals surface area contributed by atoms with E-state index >= 15 is 0 Å². The highest BCUT2D eigenvalue weighted by atomic mass is 15.3. The molecule has 0 aromatic carbocycles. The van der Waals surface area contributed by atoms with Gasteiger partial charge in [-0.05, 0) is 44.4 Å². The molecule has 5 heterocycles. The van der Waals surface area contributed by atoms with Crippen LogP contribution in [-0.2, 0) is 13.6 Å². The molecular weight excluding hydrogens is 338 g/mol. The summed E-state index contributed by atoms with van der Waals surface area (Å²) in [5.74, 6) is 1.40. The van der Waals surface area contributed by atoms with Crippen LogP contribution in [0, 0.1) is 0 Å². The molecule has 3 aromatic rings. The molecule has 0 unspecified atom stereocenters. The zero-order valence-corrected chi connectivity index (χ0v) is 16.0. The lowest BCUT2D eigenvalue weighted by Crippen LogP contribution is -2.34. The summed E-state index contributed by atoms with van der Waals surface area (Å²) in [5.41, 5.74) is 3.49. The largest absolute Gasteiger partial charge is 0.370 e. The van der Waals surface area contributed by atoms with Gasteiger partial charge in [-0.1, -0.05) is 0 Å². The minimum atomic E-state index is 0.408. The van der Waals surface area contributed by atoms with Crippen LogP contribution in [0.5, 0.6) is 0 Å². The van der Waals surface area contributed by atoms with Crippen molar-refractivity contribution in [3.05, 3.63) is 42.1 Å². The van der Waals surface area contributed by atoms with E-state index in [4.69, 9.17) is 10.1 Å². The first kappa shape index (κ1) is 16.7. The summed E-state index contributed by atoms with van der Waals surface area (Å²) in [7, 11) is 1.97. The molecule has 7 heteroatoms. The smallest absolute Gasteiger partial charge is 0.156 e. The predicted octanol–water partition coefficient (Wildman–Crippen LogP) is 2.44. The summed E-state index contributed by atoms with van der Waals surface area (Å²) in [6.07, 6.45) is 11.1. The van der Waals surface area contributed by atoms with Gasteiger partial charge in [0.1, 0.15) is 0 Å². The molecule has 0 saturated carbocycles. The first-order valence-corrected chi connectivity index (χ1v) is 10.1. The van der Waals surface area contributed by atoms with Crippen LogP contribution in [0.3, 0.4) is 0 Å². The van der Waals surface area contributed by atoms with Gasteiger partial charge in [0, 0.05) is 50.9 Å². The number of rotatable bonds is 4. The van der Waals surface area contributed by atoms with Crippen molar-refractivity contribution < 1.29 is 0 Å². The van der Waals surface area contributed by atoms with Crippen LogP contribution in [0.1, 0.15) is 43.0 Å². The van der Waals surface area contributed by atoms with E-state index in [1.54, 1.807) is 0 Å². The Morgan fingerprint density at radius 2 is 1.96 bits per heavy atom. The second-order valence-corrected chi connectivity index (χ2v) is 7.95. The highest BCUT2D eigenvalue weighted by molar-refractivity contribution is 5.51. The van der Waals surface area contributed by atoms with E-state index in [0.29, 0.717) is 5.92 Å². The normalized spacial score (nSPS) is 21.4. The van der Waals surface area contributed by atoms with Crippen LogP contribution in [0.15, 0.2) is 30.7 Å². The van der Waals surface area contributed by atoms with Gasteiger partial charge in [0.15, 0.2) is 11.5 Å². The highest BCUT2D eigenvalue weighted by Crippen LogP contribution is 2.27. The van der Waals surface area contributed by atoms with E-state index < -0.39 is 0 Å². The molecule has 2 aliphatic rings. The fraction of sp³-hybridized carbons (Fsp3) is 0.550. The molecule has 2 saturated heterocycles. The molecule has 27 heavy (non-hydrogen) atoms.